The zero-order chi connectivity index (χ0) is 10.5. The normalized spacial score (nSPS) is 14.7. The summed E-state index contributed by atoms with van der Waals surface area (Å²) in [5, 5.41) is 3.22. The fraction of sp³-hybridized carbons (Fsp3) is 0.273. The van der Waals surface area contributed by atoms with Crippen LogP contribution < -0.4 is 5.32 Å². The highest BCUT2D eigenvalue weighted by atomic mass is 16.2. The Morgan fingerprint density at radius 1 is 1.40 bits per heavy atom. The molecule has 0 aromatic carbocycles. The number of nitrogens with zero attached hydrogens (tertiary/aromatic N) is 2. The Morgan fingerprint density at radius 3 is 2.87 bits per heavy atom. The number of pyridine rings is 1. The fourth-order valence-electron chi connectivity index (χ4n) is 1.47. The third-order valence-electron chi connectivity index (χ3n) is 2.26. The predicted octanol–water partition coefficient (Wildman–Crippen LogP) is 1.24. The maximum absolute atomic E-state index is 11.2. The minimum absolute atomic E-state index is 0.173. The van der Waals surface area contributed by atoms with E-state index in [1.54, 1.807) is 17.3 Å². The highest BCUT2D eigenvalue weighted by Gasteiger charge is 2.13. The van der Waals surface area contributed by atoms with Crippen molar-refractivity contribution in [2.45, 2.75) is 6.42 Å². The quantitative estimate of drug-likeness (QED) is 0.800. The molecule has 0 radical (unpaired) electrons. The van der Waals surface area contributed by atoms with Gasteiger partial charge in [0.15, 0.2) is 0 Å². The molecule has 1 aromatic heterocycles. The molecule has 0 saturated heterocycles. The van der Waals surface area contributed by atoms with E-state index in [9.17, 15) is 4.79 Å². The van der Waals surface area contributed by atoms with Gasteiger partial charge >= 0.3 is 0 Å². The Morgan fingerprint density at radius 2 is 2.20 bits per heavy atom. The number of carbonyl (C=O) groups excluding carboxylic acids is 1. The van der Waals surface area contributed by atoms with E-state index in [0.717, 1.165) is 12.2 Å². The van der Waals surface area contributed by atoms with Crippen LogP contribution in [0.15, 0.2) is 36.8 Å². The lowest BCUT2D eigenvalue weighted by Crippen LogP contribution is -2.26. The topological polar surface area (TPSA) is 45.2 Å². The molecule has 1 N–H and O–H groups in total. The van der Waals surface area contributed by atoms with Crippen LogP contribution in [0, 0.1) is 0 Å². The van der Waals surface area contributed by atoms with Crippen LogP contribution in [0.5, 0.6) is 0 Å². The van der Waals surface area contributed by atoms with Crippen molar-refractivity contribution in [2.24, 2.45) is 0 Å². The average Bonchev–Trinajstić information content (AvgIpc) is 2.66. The van der Waals surface area contributed by atoms with Crippen LogP contribution in [-0.4, -0.2) is 28.9 Å². The van der Waals surface area contributed by atoms with Gasteiger partial charge in [0.25, 0.3) is 0 Å². The van der Waals surface area contributed by atoms with Gasteiger partial charge in [-0.15, -0.1) is 0 Å². The van der Waals surface area contributed by atoms with Gasteiger partial charge < -0.3 is 10.2 Å². The lowest BCUT2D eigenvalue weighted by Gasteiger charge is -2.14. The van der Waals surface area contributed by atoms with Crippen LogP contribution in [-0.2, 0) is 4.79 Å². The summed E-state index contributed by atoms with van der Waals surface area (Å²) >= 11 is 0. The molecular weight excluding hydrogens is 190 g/mol. The predicted molar refractivity (Wildman–Crippen MR) is 58.2 cm³/mol. The Labute approximate surface area is 88.6 Å². The van der Waals surface area contributed by atoms with Crippen molar-refractivity contribution < 1.29 is 4.79 Å². The van der Waals surface area contributed by atoms with Crippen LogP contribution in [0.3, 0.4) is 0 Å². The van der Waals surface area contributed by atoms with Crippen LogP contribution in [0.1, 0.15) is 6.42 Å². The third-order valence-corrected chi connectivity index (χ3v) is 2.26. The lowest BCUT2D eigenvalue weighted by atomic mass is 10.4. The van der Waals surface area contributed by atoms with E-state index < -0.39 is 0 Å². The van der Waals surface area contributed by atoms with Crippen LogP contribution >= 0.6 is 0 Å². The van der Waals surface area contributed by atoms with Gasteiger partial charge in [0, 0.05) is 43.8 Å². The second kappa shape index (κ2) is 4.59. The lowest BCUT2D eigenvalue weighted by molar-refractivity contribution is -0.126. The van der Waals surface area contributed by atoms with Gasteiger partial charge in [-0.25, -0.2) is 0 Å². The molecule has 1 aliphatic heterocycles. The molecule has 4 nitrogen and oxygen atoms in total. The average molecular weight is 203 g/mol. The zero-order valence-corrected chi connectivity index (χ0v) is 8.39. The largest absolute Gasteiger partial charge is 0.383 e. The summed E-state index contributed by atoms with van der Waals surface area (Å²) in [6.45, 7) is 1.46. The molecule has 0 aliphatic carbocycles. The van der Waals surface area contributed by atoms with Crippen molar-refractivity contribution in [2.75, 3.05) is 18.4 Å². The Hall–Kier alpha value is -1.84. The fourth-order valence-corrected chi connectivity index (χ4v) is 1.47. The minimum Gasteiger partial charge on any atom is -0.383 e. The molecule has 0 bridgehead atoms. The molecule has 15 heavy (non-hydrogen) atoms. The molecule has 0 atom stereocenters. The molecule has 1 aliphatic rings. The van der Waals surface area contributed by atoms with Crippen LogP contribution in [0.4, 0.5) is 5.69 Å². The Balaban J connectivity index is 1.76. The number of rotatable bonds is 4. The maximum atomic E-state index is 11.2. The van der Waals surface area contributed by atoms with Crippen molar-refractivity contribution in [3.63, 3.8) is 0 Å². The summed E-state index contributed by atoms with van der Waals surface area (Å²) in [5.41, 5.74) is 1.03. The molecule has 0 saturated carbocycles. The van der Waals surface area contributed by atoms with Crippen molar-refractivity contribution >= 4 is 11.6 Å². The molecular formula is C11H13N3O. The van der Waals surface area contributed by atoms with Gasteiger partial charge in [-0.2, -0.15) is 0 Å². The van der Waals surface area contributed by atoms with Gasteiger partial charge in [-0.05, 0) is 12.1 Å². The van der Waals surface area contributed by atoms with E-state index in [4.69, 9.17) is 0 Å². The summed E-state index contributed by atoms with van der Waals surface area (Å²) in [6.07, 6.45) is 7.74. The van der Waals surface area contributed by atoms with Gasteiger partial charge in [-0.1, -0.05) is 6.08 Å². The first-order valence-electron chi connectivity index (χ1n) is 4.96. The molecule has 78 valence electrons. The first kappa shape index (κ1) is 9.71. The van der Waals surface area contributed by atoms with E-state index in [2.05, 4.69) is 10.3 Å². The summed E-state index contributed by atoms with van der Waals surface area (Å²) in [7, 11) is 0. The number of carbonyl (C=O) groups is 1. The summed E-state index contributed by atoms with van der Waals surface area (Å²) in [6, 6.07) is 3.81. The van der Waals surface area contributed by atoms with Crippen molar-refractivity contribution in [1.82, 2.24) is 9.88 Å². The highest BCUT2D eigenvalue weighted by Crippen LogP contribution is 2.06. The maximum Gasteiger partial charge on any atom is 0.230 e. The van der Waals surface area contributed by atoms with E-state index >= 15 is 0 Å². The van der Waals surface area contributed by atoms with Crippen molar-refractivity contribution in [3.8, 4) is 0 Å². The Bertz CT molecular complexity index is 361. The number of nitrogens with one attached hydrogen (secondary N) is 1. The minimum atomic E-state index is 0.173. The monoisotopic (exact) mass is 203 g/mol. The molecule has 1 aromatic rings. The summed E-state index contributed by atoms with van der Waals surface area (Å²) in [5.74, 6) is 0.173. The van der Waals surface area contributed by atoms with Crippen molar-refractivity contribution in [1.29, 1.82) is 0 Å². The molecule has 0 unspecified atom stereocenters. The SMILES string of the molecule is O=C1CC=CN1CCNc1ccncc1. The smallest absolute Gasteiger partial charge is 0.230 e. The van der Waals surface area contributed by atoms with Gasteiger partial charge in [0.1, 0.15) is 0 Å². The molecule has 2 heterocycles. The van der Waals surface area contributed by atoms with Crippen LogP contribution in [0.25, 0.3) is 0 Å². The standard InChI is InChI=1S/C11H13N3O/c15-11-2-1-8-14(11)9-7-13-10-3-5-12-6-4-10/h1,3-6,8H,2,7,9H2,(H,12,13). The number of hydrogen-bond donors (Lipinski definition) is 1. The van der Waals surface area contributed by atoms with Gasteiger partial charge in [0.05, 0.1) is 0 Å². The number of hydrogen-bond acceptors (Lipinski definition) is 3. The van der Waals surface area contributed by atoms with E-state index in [1.807, 2.05) is 24.4 Å². The number of aromatic nitrogens is 1. The summed E-state index contributed by atoms with van der Waals surface area (Å²) in [4.78, 5) is 16.9. The molecule has 0 spiro atoms. The Kier molecular flexibility index (Phi) is 2.97. The van der Waals surface area contributed by atoms with E-state index in [0.29, 0.717) is 13.0 Å². The van der Waals surface area contributed by atoms with Crippen LogP contribution in [0.2, 0.25) is 0 Å². The number of amides is 1. The third kappa shape index (κ3) is 2.56. The molecule has 1 amide bonds. The first-order valence-corrected chi connectivity index (χ1v) is 4.96. The van der Waals surface area contributed by atoms with E-state index in [1.165, 1.54) is 0 Å². The molecule has 0 fully saturated rings. The summed E-state index contributed by atoms with van der Waals surface area (Å²) < 4.78 is 0. The molecule has 4 heteroatoms. The first-order chi connectivity index (χ1) is 7.36. The van der Waals surface area contributed by atoms with E-state index in [-0.39, 0.29) is 5.91 Å². The second-order valence-electron chi connectivity index (χ2n) is 3.34. The van der Waals surface area contributed by atoms with Crippen molar-refractivity contribution in [3.05, 3.63) is 36.8 Å². The van der Waals surface area contributed by atoms with Gasteiger partial charge in [-0.3, -0.25) is 9.78 Å². The molecule has 2 rings (SSSR count). The second-order valence-corrected chi connectivity index (χ2v) is 3.34. The number of anilines is 1. The highest BCUT2D eigenvalue weighted by molar-refractivity contribution is 5.81. The van der Waals surface area contributed by atoms with Gasteiger partial charge in [0.2, 0.25) is 5.91 Å². The zero-order valence-electron chi connectivity index (χ0n) is 8.39.